The third-order valence-corrected chi connectivity index (χ3v) is 4.25. The van der Waals surface area contributed by atoms with Crippen LogP contribution in [0.5, 0.6) is 5.75 Å². The van der Waals surface area contributed by atoms with Crippen molar-refractivity contribution in [1.82, 2.24) is 0 Å². The Morgan fingerprint density at radius 2 is 1.45 bits per heavy atom. The zero-order valence-electron chi connectivity index (χ0n) is 16.4. The molecular weight excluding hydrogens is 366 g/mol. The first-order valence-electron chi connectivity index (χ1n) is 9.19. The lowest BCUT2D eigenvalue weighted by Crippen LogP contribution is -2.21. The Kier molecular flexibility index (Phi) is 6.47. The maximum absolute atomic E-state index is 12.3. The lowest BCUT2D eigenvalue weighted by Gasteiger charge is -2.10. The standard InChI is InChI=1S/C23H23N3O3/c1-16-4-3-5-17(14-16)23(28)26-20-8-6-19(7-9-20)25-22(27)15-24-18-10-12-21(29-2)13-11-18/h3-14,24H,15H2,1-2H3,(H,25,27)(H,26,28). The molecule has 0 heterocycles. The Hall–Kier alpha value is -3.80. The number of anilines is 3. The number of methoxy groups -OCH3 is 1. The van der Waals surface area contributed by atoms with Crippen LogP contribution in [0.1, 0.15) is 15.9 Å². The number of hydrogen-bond donors (Lipinski definition) is 3. The van der Waals surface area contributed by atoms with Gasteiger partial charge in [-0.25, -0.2) is 0 Å². The molecule has 0 bridgehead atoms. The number of carbonyl (C=O) groups excluding carboxylic acids is 2. The van der Waals surface area contributed by atoms with Gasteiger partial charge < -0.3 is 20.7 Å². The fraction of sp³-hybridized carbons (Fsp3) is 0.130. The van der Waals surface area contributed by atoms with Crippen LogP contribution in [0.4, 0.5) is 17.1 Å². The van der Waals surface area contributed by atoms with Gasteiger partial charge in [0.2, 0.25) is 5.91 Å². The summed E-state index contributed by atoms with van der Waals surface area (Å²) >= 11 is 0. The predicted octanol–water partition coefficient (Wildman–Crippen LogP) is 4.31. The quantitative estimate of drug-likeness (QED) is 0.563. The highest BCUT2D eigenvalue weighted by Crippen LogP contribution is 2.16. The first-order chi connectivity index (χ1) is 14.0. The number of ether oxygens (including phenoxy) is 1. The third-order valence-electron chi connectivity index (χ3n) is 4.25. The van der Waals surface area contributed by atoms with Crippen LogP contribution < -0.4 is 20.7 Å². The van der Waals surface area contributed by atoms with Crippen LogP contribution >= 0.6 is 0 Å². The van der Waals surface area contributed by atoms with Crippen molar-refractivity contribution in [2.75, 3.05) is 29.6 Å². The van der Waals surface area contributed by atoms with E-state index < -0.39 is 0 Å². The number of carbonyl (C=O) groups is 2. The highest BCUT2D eigenvalue weighted by Gasteiger charge is 2.07. The molecular formula is C23H23N3O3. The van der Waals surface area contributed by atoms with E-state index in [9.17, 15) is 9.59 Å². The van der Waals surface area contributed by atoms with Gasteiger partial charge in [0.25, 0.3) is 5.91 Å². The molecule has 148 valence electrons. The largest absolute Gasteiger partial charge is 0.497 e. The number of amides is 2. The summed E-state index contributed by atoms with van der Waals surface area (Å²) in [5, 5.41) is 8.71. The molecule has 0 saturated carbocycles. The van der Waals surface area contributed by atoms with Crippen molar-refractivity contribution >= 4 is 28.9 Å². The average molecular weight is 389 g/mol. The van der Waals surface area contributed by atoms with Gasteiger partial charge in [0.15, 0.2) is 0 Å². The van der Waals surface area contributed by atoms with E-state index in [1.807, 2.05) is 49.4 Å². The molecule has 0 aliphatic rings. The van der Waals surface area contributed by atoms with Crippen molar-refractivity contribution in [3.8, 4) is 5.75 Å². The molecule has 0 spiro atoms. The summed E-state index contributed by atoms with van der Waals surface area (Å²) in [5.74, 6) is 0.418. The summed E-state index contributed by atoms with van der Waals surface area (Å²) in [6.07, 6.45) is 0. The smallest absolute Gasteiger partial charge is 0.255 e. The van der Waals surface area contributed by atoms with Gasteiger partial charge in [-0.05, 0) is 67.6 Å². The number of nitrogens with one attached hydrogen (secondary N) is 3. The molecule has 3 N–H and O–H groups in total. The molecule has 3 rings (SSSR count). The van der Waals surface area contributed by atoms with Crippen LogP contribution in [-0.4, -0.2) is 25.5 Å². The van der Waals surface area contributed by atoms with E-state index in [0.29, 0.717) is 16.9 Å². The Morgan fingerprint density at radius 3 is 2.07 bits per heavy atom. The Morgan fingerprint density at radius 1 is 0.828 bits per heavy atom. The molecule has 0 aliphatic carbocycles. The van der Waals surface area contributed by atoms with Crippen molar-refractivity contribution in [2.24, 2.45) is 0 Å². The molecule has 0 radical (unpaired) electrons. The molecule has 0 atom stereocenters. The zero-order chi connectivity index (χ0) is 20.6. The highest BCUT2D eigenvalue weighted by atomic mass is 16.5. The second-order valence-electron chi connectivity index (χ2n) is 6.53. The molecule has 0 fully saturated rings. The van der Waals surface area contributed by atoms with E-state index in [1.54, 1.807) is 37.4 Å². The van der Waals surface area contributed by atoms with E-state index in [2.05, 4.69) is 16.0 Å². The minimum atomic E-state index is -0.172. The molecule has 3 aromatic rings. The topological polar surface area (TPSA) is 79.5 Å². The number of hydrogen-bond acceptors (Lipinski definition) is 4. The fourth-order valence-corrected chi connectivity index (χ4v) is 2.72. The minimum absolute atomic E-state index is 0.137. The lowest BCUT2D eigenvalue weighted by atomic mass is 10.1. The molecule has 29 heavy (non-hydrogen) atoms. The predicted molar refractivity (Wildman–Crippen MR) is 116 cm³/mol. The molecule has 2 amide bonds. The van der Waals surface area contributed by atoms with Crippen LogP contribution in [-0.2, 0) is 4.79 Å². The maximum atomic E-state index is 12.3. The van der Waals surface area contributed by atoms with Gasteiger partial charge >= 0.3 is 0 Å². The third kappa shape index (κ3) is 5.84. The summed E-state index contributed by atoms with van der Waals surface area (Å²) in [6.45, 7) is 2.08. The van der Waals surface area contributed by atoms with Gasteiger partial charge in [-0.3, -0.25) is 9.59 Å². The summed E-state index contributed by atoms with van der Waals surface area (Å²) in [5.41, 5.74) is 3.77. The summed E-state index contributed by atoms with van der Waals surface area (Å²) in [4.78, 5) is 24.4. The lowest BCUT2D eigenvalue weighted by molar-refractivity contribution is -0.114. The van der Waals surface area contributed by atoms with Crippen molar-refractivity contribution in [3.05, 3.63) is 83.9 Å². The van der Waals surface area contributed by atoms with Crippen LogP contribution in [0.15, 0.2) is 72.8 Å². The monoisotopic (exact) mass is 389 g/mol. The summed E-state index contributed by atoms with van der Waals surface area (Å²) < 4.78 is 5.10. The van der Waals surface area contributed by atoms with Gasteiger partial charge in [0, 0.05) is 22.6 Å². The molecule has 6 heteroatoms. The minimum Gasteiger partial charge on any atom is -0.497 e. The molecule has 0 unspecified atom stereocenters. The van der Waals surface area contributed by atoms with E-state index >= 15 is 0 Å². The fourth-order valence-electron chi connectivity index (χ4n) is 2.72. The summed E-state index contributed by atoms with van der Waals surface area (Å²) in [7, 11) is 1.61. The van der Waals surface area contributed by atoms with Crippen LogP contribution in [0, 0.1) is 6.92 Å². The van der Waals surface area contributed by atoms with E-state index in [-0.39, 0.29) is 18.4 Å². The average Bonchev–Trinajstić information content (AvgIpc) is 2.74. The van der Waals surface area contributed by atoms with Gasteiger partial charge in [-0.15, -0.1) is 0 Å². The van der Waals surface area contributed by atoms with E-state index in [1.165, 1.54) is 0 Å². The number of aryl methyl sites for hydroxylation is 1. The molecule has 0 saturated heterocycles. The maximum Gasteiger partial charge on any atom is 0.255 e. The first-order valence-corrected chi connectivity index (χ1v) is 9.19. The van der Waals surface area contributed by atoms with Gasteiger partial charge in [0.1, 0.15) is 5.75 Å². The second-order valence-corrected chi connectivity index (χ2v) is 6.53. The van der Waals surface area contributed by atoms with Crippen LogP contribution in [0.25, 0.3) is 0 Å². The van der Waals surface area contributed by atoms with Crippen LogP contribution in [0.2, 0.25) is 0 Å². The normalized spacial score (nSPS) is 10.1. The van der Waals surface area contributed by atoms with E-state index in [4.69, 9.17) is 4.74 Å². The number of benzene rings is 3. The van der Waals surface area contributed by atoms with Crippen molar-refractivity contribution in [2.45, 2.75) is 6.92 Å². The molecule has 0 aromatic heterocycles. The first kappa shape index (κ1) is 19.9. The summed E-state index contributed by atoms with van der Waals surface area (Å²) in [6, 6.07) is 21.7. The van der Waals surface area contributed by atoms with E-state index in [0.717, 1.165) is 17.0 Å². The van der Waals surface area contributed by atoms with Gasteiger partial charge in [-0.2, -0.15) is 0 Å². The SMILES string of the molecule is COc1ccc(NCC(=O)Nc2ccc(NC(=O)c3cccc(C)c3)cc2)cc1. The van der Waals surface area contributed by atoms with Gasteiger partial charge in [-0.1, -0.05) is 17.7 Å². The second kappa shape index (κ2) is 9.41. The Labute approximate surface area is 169 Å². The highest BCUT2D eigenvalue weighted by molar-refractivity contribution is 6.04. The molecule has 6 nitrogen and oxygen atoms in total. The number of rotatable bonds is 7. The van der Waals surface area contributed by atoms with Gasteiger partial charge in [0.05, 0.1) is 13.7 Å². The molecule has 3 aromatic carbocycles. The van der Waals surface area contributed by atoms with Crippen molar-refractivity contribution < 1.29 is 14.3 Å². The Bertz CT molecular complexity index is 983. The molecule has 0 aliphatic heterocycles. The van der Waals surface area contributed by atoms with Crippen LogP contribution in [0.3, 0.4) is 0 Å². The van der Waals surface area contributed by atoms with Crippen molar-refractivity contribution in [1.29, 1.82) is 0 Å². The Balaban J connectivity index is 1.50. The van der Waals surface area contributed by atoms with Crippen molar-refractivity contribution in [3.63, 3.8) is 0 Å². The zero-order valence-corrected chi connectivity index (χ0v) is 16.4.